The number of unbranched alkanes of at least 4 members (excludes halogenated alkanes) is 1. The zero-order valence-electron chi connectivity index (χ0n) is 12.3. The monoisotopic (exact) mass is 251 g/mol. The minimum Gasteiger partial charge on any atom is -0.316 e. The number of rotatable bonds is 3. The molecule has 0 atom stereocenters. The molecule has 0 fully saturated rings. The van der Waals surface area contributed by atoms with E-state index in [1.54, 1.807) is 0 Å². The first kappa shape index (κ1) is 18.7. The minimum absolute atomic E-state index is 0.230. The number of hydrogen-bond acceptors (Lipinski definition) is 3. The first-order valence-electron chi connectivity index (χ1n) is 5.95. The Bertz CT molecular complexity index is 143. The summed E-state index contributed by atoms with van der Waals surface area (Å²) in [5, 5.41) is 0. The van der Waals surface area contributed by atoms with E-state index in [0.717, 1.165) is 0 Å². The second-order valence-corrected chi connectivity index (χ2v) is 6.63. The third-order valence-electron chi connectivity index (χ3n) is 1.23. The van der Waals surface area contributed by atoms with Crippen LogP contribution in [0.2, 0.25) is 0 Å². The summed E-state index contributed by atoms with van der Waals surface area (Å²) in [5.74, 6) is 0. The smallest absolute Gasteiger partial charge is 0.253 e. The average molecular weight is 251 g/mol. The van der Waals surface area contributed by atoms with E-state index < -0.39 is 8.53 Å². The maximum atomic E-state index is 5.67. The van der Waals surface area contributed by atoms with Gasteiger partial charge in [0.15, 0.2) is 0 Å². The maximum Gasteiger partial charge on any atom is 0.253 e. The largest absolute Gasteiger partial charge is 0.316 e. The second kappa shape index (κ2) is 8.41. The lowest BCUT2D eigenvalue weighted by molar-refractivity contribution is 0.0732. The van der Waals surface area contributed by atoms with Crippen LogP contribution >= 0.6 is 8.53 Å². The molecule has 0 aromatic heterocycles. The molecule has 0 aromatic carbocycles. The molecule has 0 aliphatic carbocycles. The van der Waals surface area contributed by atoms with Crippen LogP contribution in [0.25, 0.3) is 0 Å². The molecule has 4 heteroatoms. The molecular weight excluding hydrogens is 221 g/mol. The first-order valence-corrected chi connectivity index (χ1v) is 7.19. The molecule has 0 aliphatic heterocycles. The van der Waals surface area contributed by atoms with Crippen molar-refractivity contribution in [3.63, 3.8) is 0 Å². The van der Waals surface area contributed by atoms with Gasteiger partial charge < -0.3 is 9.05 Å². The molecule has 0 spiro atoms. The van der Waals surface area contributed by atoms with E-state index in [1.807, 2.05) is 41.5 Å². The predicted octanol–water partition coefficient (Wildman–Crippen LogP) is 4.61. The van der Waals surface area contributed by atoms with Gasteiger partial charge in [-0.25, -0.2) is 0 Å². The van der Waals surface area contributed by atoms with Gasteiger partial charge >= 0.3 is 0 Å². The summed E-state index contributed by atoms with van der Waals surface area (Å²) < 4.78 is 10.9. The lowest BCUT2D eigenvalue weighted by atomic mass is 10.2. The van der Waals surface area contributed by atoms with Gasteiger partial charge in [0.05, 0.1) is 11.2 Å². The summed E-state index contributed by atoms with van der Waals surface area (Å²) in [6.07, 6.45) is 2.64. The van der Waals surface area contributed by atoms with Gasteiger partial charge in [0.2, 0.25) is 0 Å². The Morgan fingerprint density at radius 2 is 1.06 bits per heavy atom. The zero-order chi connectivity index (χ0) is 13.4. The van der Waals surface area contributed by atoms with Crippen LogP contribution in [0.4, 0.5) is 0 Å². The van der Waals surface area contributed by atoms with E-state index in [1.165, 1.54) is 12.8 Å². The molecular formula is C12H30NO2P. The molecule has 0 bridgehead atoms. The van der Waals surface area contributed by atoms with Crippen LogP contribution in [0.15, 0.2) is 0 Å². The molecule has 0 radical (unpaired) electrons. The minimum atomic E-state index is -1.26. The third kappa shape index (κ3) is 19.8. The third-order valence-corrected chi connectivity index (χ3v) is 2.68. The summed E-state index contributed by atoms with van der Waals surface area (Å²) in [5.41, 5.74) is 5.21. The summed E-state index contributed by atoms with van der Waals surface area (Å²) in [4.78, 5) is 0. The molecule has 100 valence electrons. The normalized spacial score (nSPS) is 12.4. The Morgan fingerprint density at radius 1 is 0.812 bits per heavy atom. The van der Waals surface area contributed by atoms with E-state index in [0.29, 0.717) is 0 Å². The Labute approximate surface area is 103 Å². The van der Waals surface area contributed by atoms with Gasteiger partial charge in [0, 0.05) is 0 Å². The molecule has 2 N–H and O–H groups in total. The highest BCUT2D eigenvalue weighted by Crippen LogP contribution is 2.38. The van der Waals surface area contributed by atoms with E-state index in [9.17, 15) is 0 Å². The fourth-order valence-corrected chi connectivity index (χ4v) is 1.68. The van der Waals surface area contributed by atoms with Crippen molar-refractivity contribution < 1.29 is 9.05 Å². The highest BCUT2D eigenvalue weighted by atomic mass is 31.2. The van der Waals surface area contributed by atoms with Gasteiger partial charge in [-0.2, -0.15) is 0 Å². The second-order valence-electron chi connectivity index (χ2n) is 5.69. The molecule has 0 saturated carbocycles. The number of hydrogen-bond donors (Lipinski definition) is 1. The quantitative estimate of drug-likeness (QED) is 0.745. The van der Waals surface area contributed by atoms with Crippen LogP contribution in [0.3, 0.4) is 0 Å². The van der Waals surface area contributed by atoms with E-state index in [2.05, 4.69) is 13.8 Å². The summed E-state index contributed by atoms with van der Waals surface area (Å²) in [6.45, 7) is 16.1. The van der Waals surface area contributed by atoms with Crippen molar-refractivity contribution in [3.05, 3.63) is 0 Å². The highest BCUT2D eigenvalue weighted by Gasteiger charge is 2.22. The van der Waals surface area contributed by atoms with Crippen LogP contribution in [-0.4, -0.2) is 11.2 Å². The summed E-state index contributed by atoms with van der Waals surface area (Å²) in [7, 11) is -1.26. The topological polar surface area (TPSA) is 44.5 Å². The molecule has 0 heterocycles. The molecule has 0 aliphatic rings. The van der Waals surface area contributed by atoms with Gasteiger partial charge in [0.1, 0.15) is 0 Å². The van der Waals surface area contributed by atoms with Crippen LogP contribution < -0.4 is 5.50 Å². The Kier molecular flexibility index (Phi) is 9.81. The van der Waals surface area contributed by atoms with Gasteiger partial charge in [-0.15, -0.1) is 0 Å². The maximum absolute atomic E-state index is 5.67. The van der Waals surface area contributed by atoms with Gasteiger partial charge in [-0.1, -0.05) is 26.7 Å². The van der Waals surface area contributed by atoms with Crippen molar-refractivity contribution >= 4 is 8.53 Å². The van der Waals surface area contributed by atoms with Crippen molar-refractivity contribution in [2.45, 2.75) is 79.4 Å². The Balaban J connectivity index is 0. The zero-order valence-corrected chi connectivity index (χ0v) is 13.1. The number of nitrogens with two attached hydrogens (primary N) is 1. The van der Waals surface area contributed by atoms with Crippen LogP contribution in [0.1, 0.15) is 68.2 Å². The molecule has 16 heavy (non-hydrogen) atoms. The van der Waals surface area contributed by atoms with E-state index >= 15 is 0 Å². The van der Waals surface area contributed by atoms with E-state index in [4.69, 9.17) is 14.6 Å². The SMILES string of the molecule is CC(C)(C)OP(N)OC(C)(C)C.CCCC. The summed E-state index contributed by atoms with van der Waals surface area (Å²) in [6, 6.07) is 0. The van der Waals surface area contributed by atoms with E-state index in [-0.39, 0.29) is 11.2 Å². The fraction of sp³-hybridized carbons (Fsp3) is 1.00. The molecule has 0 rings (SSSR count). The van der Waals surface area contributed by atoms with Crippen molar-refractivity contribution in [2.24, 2.45) is 5.50 Å². The summed E-state index contributed by atoms with van der Waals surface area (Å²) >= 11 is 0. The standard InChI is InChI=1S/C8H20NO2P.C4H10/c1-7(2,3)10-12(9)11-8(4,5)6;1-3-4-2/h9H2,1-6H3;3-4H2,1-2H3. The van der Waals surface area contributed by atoms with Gasteiger partial charge in [-0.05, 0) is 41.5 Å². The lowest BCUT2D eigenvalue weighted by Gasteiger charge is -2.28. The van der Waals surface area contributed by atoms with Crippen molar-refractivity contribution in [1.29, 1.82) is 0 Å². The Morgan fingerprint density at radius 3 is 1.19 bits per heavy atom. The van der Waals surface area contributed by atoms with Crippen LogP contribution in [0.5, 0.6) is 0 Å². The highest BCUT2D eigenvalue weighted by molar-refractivity contribution is 7.44. The average Bonchev–Trinajstić information content (AvgIpc) is 1.97. The fourth-order valence-electron chi connectivity index (χ4n) is 0.558. The molecule has 0 aromatic rings. The van der Waals surface area contributed by atoms with Gasteiger partial charge in [0.25, 0.3) is 8.53 Å². The first-order chi connectivity index (χ1) is 7.02. The molecule has 0 amide bonds. The van der Waals surface area contributed by atoms with Crippen LogP contribution in [0, 0.1) is 0 Å². The predicted molar refractivity (Wildman–Crippen MR) is 73.4 cm³/mol. The van der Waals surface area contributed by atoms with Crippen molar-refractivity contribution in [1.82, 2.24) is 0 Å². The van der Waals surface area contributed by atoms with Gasteiger partial charge in [-0.3, -0.25) is 5.50 Å². The van der Waals surface area contributed by atoms with Crippen LogP contribution in [-0.2, 0) is 9.05 Å². The molecule has 0 unspecified atom stereocenters. The molecule has 0 saturated heterocycles. The Hall–Kier alpha value is 0.310. The lowest BCUT2D eigenvalue weighted by Crippen LogP contribution is -2.24. The van der Waals surface area contributed by atoms with Crippen molar-refractivity contribution in [2.75, 3.05) is 0 Å². The van der Waals surface area contributed by atoms with Crippen molar-refractivity contribution in [3.8, 4) is 0 Å². The molecule has 3 nitrogen and oxygen atoms in total.